The summed E-state index contributed by atoms with van der Waals surface area (Å²) in [6, 6.07) is 40.7. The number of rotatable bonds is 7. The van der Waals surface area contributed by atoms with Crippen LogP contribution in [-0.2, 0) is 13.1 Å². The monoisotopic (exact) mass is 381 g/mol. The molecule has 4 rings (SSSR count). The van der Waals surface area contributed by atoms with E-state index in [4.69, 9.17) is 0 Å². The van der Waals surface area contributed by atoms with Gasteiger partial charge in [0.15, 0.2) is 0 Å². The molecule has 0 heterocycles. The zero-order valence-corrected chi connectivity index (χ0v) is 16.6. The van der Waals surface area contributed by atoms with E-state index >= 15 is 0 Å². The Hall–Kier alpha value is -2.97. The van der Waals surface area contributed by atoms with Crippen LogP contribution in [0.3, 0.4) is 0 Å². The van der Waals surface area contributed by atoms with Crippen molar-refractivity contribution in [3.63, 3.8) is 0 Å². The summed E-state index contributed by atoms with van der Waals surface area (Å²) in [6.07, 6.45) is 0. The molecule has 4 aromatic rings. The average molecular weight is 382 g/mol. The molecule has 0 aliphatic heterocycles. The molecule has 0 fully saturated rings. The van der Waals surface area contributed by atoms with Gasteiger partial charge in [-0.15, -0.1) is 0 Å². The van der Waals surface area contributed by atoms with Crippen LogP contribution in [-0.4, -0.2) is 0 Å². The molecule has 0 amide bonds. The molecule has 0 saturated heterocycles. The van der Waals surface area contributed by atoms with E-state index in [9.17, 15) is 0 Å². The van der Waals surface area contributed by atoms with Crippen LogP contribution in [0.2, 0.25) is 0 Å². The van der Waals surface area contributed by atoms with Gasteiger partial charge in [-0.2, -0.15) is 0 Å². The Morgan fingerprint density at radius 1 is 0.500 bits per heavy atom. The number of hydrogen-bond acceptors (Lipinski definition) is 2. The van der Waals surface area contributed by atoms with Crippen molar-refractivity contribution in [2.45, 2.75) is 22.9 Å². The molecule has 0 unspecified atom stereocenters. The van der Waals surface area contributed by atoms with Crippen LogP contribution in [0.15, 0.2) is 125 Å². The Kier molecular flexibility index (Phi) is 6.11. The first kappa shape index (κ1) is 18.4. The molecule has 0 saturated carbocycles. The highest BCUT2D eigenvalue weighted by Crippen LogP contribution is 2.36. The molecule has 4 aromatic carbocycles. The van der Waals surface area contributed by atoms with E-state index in [1.54, 1.807) is 0 Å². The largest absolute Gasteiger partial charge is 0.362 e. The fourth-order valence-electron chi connectivity index (χ4n) is 3.25. The van der Waals surface area contributed by atoms with Crippen molar-refractivity contribution in [1.82, 2.24) is 0 Å². The Morgan fingerprint density at radius 2 is 0.964 bits per heavy atom. The highest BCUT2D eigenvalue weighted by molar-refractivity contribution is 7.99. The van der Waals surface area contributed by atoms with Crippen LogP contribution in [0.25, 0.3) is 0 Å². The maximum Gasteiger partial charge on any atom is 0.0514 e. The maximum absolute atomic E-state index is 2.47. The lowest BCUT2D eigenvalue weighted by molar-refractivity contribution is 0.791. The third-order valence-corrected chi connectivity index (χ3v) is 5.68. The number of anilines is 1. The number of hydrogen-bond donors (Lipinski definition) is 0. The van der Waals surface area contributed by atoms with Gasteiger partial charge in [0.2, 0.25) is 0 Å². The second kappa shape index (κ2) is 9.29. The Morgan fingerprint density at radius 3 is 1.54 bits per heavy atom. The number of nitrogens with zero attached hydrogens (tertiary/aromatic N) is 1. The predicted molar refractivity (Wildman–Crippen MR) is 120 cm³/mol. The van der Waals surface area contributed by atoms with Crippen LogP contribution in [0.4, 0.5) is 5.69 Å². The van der Waals surface area contributed by atoms with Gasteiger partial charge < -0.3 is 4.90 Å². The lowest BCUT2D eigenvalue weighted by Gasteiger charge is -2.27. The van der Waals surface area contributed by atoms with Gasteiger partial charge in [0.1, 0.15) is 0 Å². The highest BCUT2D eigenvalue weighted by Gasteiger charge is 2.13. The van der Waals surface area contributed by atoms with Crippen molar-refractivity contribution in [1.29, 1.82) is 0 Å². The van der Waals surface area contributed by atoms with E-state index in [1.807, 2.05) is 11.8 Å². The standard InChI is InChI=1S/C26H23NS/c1-4-12-22(13-5-1)20-27(21-23-14-6-2-7-15-23)25-18-10-11-19-26(25)28-24-16-8-3-9-17-24/h1-19H,20-21H2. The molecule has 2 heteroatoms. The van der Waals surface area contributed by atoms with Crippen LogP contribution >= 0.6 is 11.8 Å². The molecular formula is C26H23NS. The van der Waals surface area contributed by atoms with Crippen molar-refractivity contribution in [2.24, 2.45) is 0 Å². The Bertz CT molecular complexity index is 943. The van der Waals surface area contributed by atoms with Crippen molar-refractivity contribution in [3.05, 3.63) is 126 Å². The smallest absolute Gasteiger partial charge is 0.0514 e. The maximum atomic E-state index is 2.47. The lowest BCUT2D eigenvalue weighted by atomic mass is 10.1. The number of para-hydroxylation sites is 1. The van der Waals surface area contributed by atoms with Crippen molar-refractivity contribution in [2.75, 3.05) is 4.90 Å². The van der Waals surface area contributed by atoms with E-state index < -0.39 is 0 Å². The molecule has 0 aliphatic carbocycles. The van der Waals surface area contributed by atoms with Crippen LogP contribution < -0.4 is 4.90 Å². The van der Waals surface area contributed by atoms with Crippen molar-refractivity contribution in [3.8, 4) is 0 Å². The normalized spacial score (nSPS) is 10.6. The average Bonchev–Trinajstić information content (AvgIpc) is 2.76. The number of benzene rings is 4. The zero-order valence-electron chi connectivity index (χ0n) is 15.7. The molecule has 0 atom stereocenters. The molecule has 0 aromatic heterocycles. The third kappa shape index (κ3) is 4.85. The minimum absolute atomic E-state index is 0.877. The summed E-state index contributed by atoms with van der Waals surface area (Å²) >= 11 is 1.82. The molecule has 28 heavy (non-hydrogen) atoms. The molecule has 138 valence electrons. The summed E-state index contributed by atoms with van der Waals surface area (Å²) in [5.74, 6) is 0. The van der Waals surface area contributed by atoms with Crippen LogP contribution in [0, 0.1) is 0 Å². The molecule has 0 radical (unpaired) electrons. The molecule has 0 aliphatic rings. The summed E-state index contributed by atoms with van der Waals surface area (Å²) in [5.41, 5.74) is 3.90. The second-order valence-electron chi connectivity index (χ2n) is 6.71. The first-order valence-corrected chi connectivity index (χ1v) is 10.3. The van der Waals surface area contributed by atoms with Crippen molar-refractivity contribution >= 4 is 17.4 Å². The van der Waals surface area contributed by atoms with Gasteiger partial charge in [-0.05, 0) is 35.4 Å². The van der Waals surface area contributed by atoms with Gasteiger partial charge in [0, 0.05) is 22.9 Å². The fraction of sp³-hybridized carbons (Fsp3) is 0.0769. The summed E-state index contributed by atoms with van der Waals surface area (Å²) in [6.45, 7) is 1.75. The van der Waals surface area contributed by atoms with E-state index in [-0.39, 0.29) is 0 Å². The highest BCUT2D eigenvalue weighted by atomic mass is 32.2. The van der Waals surface area contributed by atoms with Gasteiger partial charge in [-0.1, -0.05) is 103 Å². The van der Waals surface area contributed by atoms with E-state index in [0.29, 0.717) is 0 Å². The fourth-order valence-corrected chi connectivity index (χ4v) is 4.25. The van der Waals surface area contributed by atoms with Gasteiger partial charge in [-0.3, -0.25) is 0 Å². The predicted octanol–water partition coefficient (Wildman–Crippen LogP) is 7.04. The Balaban J connectivity index is 1.67. The van der Waals surface area contributed by atoms with E-state index in [0.717, 1.165) is 13.1 Å². The molecule has 0 N–H and O–H groups in total. The molecular weight excluding hydrogens is 358 g/mol. The minimum Gasteiger partial charge on any atom is -0.362 e. The van der Waals surface area contributed by atoms with Crippen LogP contribution in [0.1, 0.15) is 11.1 Å². The van der Waals surface area contributed by atoms with E-state index in [2.05, 4.69) is 120 Å². The van der Waals surface area contributed by atoms with Crippen LogP contribution in [0.5, 0.6) is 0 Å². The zero-order chi connectivity index (χ0) is 19.0. The summed E-state index contributed by atoms with van der Waals surface area (Å²) in [5, 5.41) is 0. The second-order valence-corrected chi connectivity index (χ2v) is 7.83. The summed E-state index contributed by atoms with van der Waals surface area (Å²) < 4.78 is 0. The van der Waals surface area contributed by atoms with Crippen molar-refractivity contribution < 1.29 is 0 Å². The lowest BCUT2D eigenvalue weighted by Crippen LogP contribution is -2.22. The van der Waals surface area contributed by atoms with Gasteiger partial charge in [0.25, 0.3) is 0 Å². The van der Waals surface area contributed by atoms with Gasteiger partial charge in [-0.25, -0.2) is 0 Å². The molecule has 0 spiro atoms. The minimum atomic E-state index is 0.877. The summed E-state index contributed by atoms with van der Waals surface area (Å²) in [7, 11) is 0. The van der Waals surface area contributed by atoms with Gasteiger partial charge >= 0.3 is 0 Å². The third-order valence-electron chi connectivity index (χ3n) is 4.61. The quantitative estimate of drug-likeness (QED) is 0.337. The molecule has 0 bridgehead atoms. The first-order chi connectivity index (χ1) is 13.9. The topological polar surface area (TPSA) is 3.24 Å². The summed E-state index contributed by atoms with van der Waals surface area (Å²) in [4.78, 5) is 5.01. The SMILES string of the molecule is c1ccc(CN(Cc2ccccc2)c2ccccc2Sc2ccccc2)cc1. The van der Waals surface area contributed by atoms with Gasteiger partial charge in [0.05, 0.1) is 5.69 Å². The first-order valence-electron chi connectivity index (χ1n) is 9.53. The van der Waals surface area contributed by atoms with E-state index in [1.165, 1.54) is 26.6 Å². The molecule has 1 nitrogen and oxygen atoms in total. The Labute approximate surface area is 171 Å².